The van der Waals surface area contributed by atoms with Gasteiger partial charge >= 0.3 is 0 Å². The van der Waals surface area contributed by atoms with Crippen molar-refractivity contribution in [2.45, 2.75) is 12.1 Å². The van der Waals surface area contributed by atoms with Crippen LogP contribution in [0, 0.1) is 12.7 Å². The van der Waals surface area contributed by atoms with Crippen molar-refractivity contribution in [3.8, 4) is 0 Å². The number of hydrogen-bond donors (Lipinski definition) is 2. The van der Waals surface area contributed by atoms with Gasteiger partial charge in [-0.3, -0.25) is 14.0 Å². The Morgan fingerprint density at radius 1 is 1.09 bits per heavy atom. The van der Waals surface area contributed by atoms with Gasteiger partial charge in [0.15, 0.2) is 10.8 Å². The van der Waals surface area contributed by atoms with Gasteiger partial charge in [-0.15, -0.1) is 10.2 Å². The number of aromatic nitrogens is 3. The lowest BCUT2D eigenvalue weighted by atomic mass is 10.2. The van der Waals surface area contributed by atoms with Crippen LogP contribution in [-0.2, 0) is 4.79 Å². The van der Waals surface area contributed by atoms with E-state index < -0.39 is 11.7 Å². The number of amides is 2. The molecule has 0 aliphatic carbocycles. The number of fused-ring (bicyclic) bond motifs is 1. The summed E-state index contributed by atoms with van der Waals surface area (Å²) in [6, 6.07) is 14.2. The number of thioether (sulfide) groups is 1. The molecule has 2 aromatic heterocycles. The second-order valence-electron chi connectivity index (χ2n) is 6.84. The predicted octanol–water partition coefficient (Wildman–Crippen LogP) is 4.81. The molecule has 0 fully saturated rings. The average molecular weight is 470 g/mol. The lowest BCUT2D eigenvalue weighted by molar-refractivity contribution is -0.113. The Bertz CT molecular complexity index is 1330. The van der Waals surface area contributed by atoms with Crippen molar-refractivity contribution in [3.05, 3.63) is 82.8 Å². The Morgan fingerprint density at radius 3 is 2.72 bits per heavy atom. The van der Waals surface area contributed by atoms with Gasteiger partial charge in [0.2, 0.25) is 5.91 Å². The molecule has 0 saturated carbocycles. The summed E-state index contributed by atoms with van der Waals surface area (Å²) >= 11 is 7.27. The van der Waals surface area contributed by atoms with Crippen molar-refractivity contribution < 1.29 is 14.0 Å². The summed E-state index contributed by atoms with van der Waals surface area (Å²) in [6.07, 6.45) is 1.57. The maximum absolute atomic E-state index is 13.4. The van der Waals surface area contributed by atoms with Crippen LogP contribution in [-0.4, -0.2) is 32.2 Å². The monoisotopic (exact) mass is 469 g/mol. The van der Waals surface area contributed by atoms with Crippen LogP contribution in [0.5, 0.6) is 0 Å². The summed E-state index contributed by atoms with van der Waals surface area (Å²) in [4.78, 5) is 24.9. The second kappa shape index (κ2) is 9.37. The zero-order valence-corrected chi connectivity index (χ0v) is 18.4. The highest BCUT2D eigenvalue weighted by molar-refractivity contribution is 7.99. The number of hydrogen-bond acceptors (Lipinski definition) is 5. The largest absolute Gasteiger partial charge is 0.325 e. The van der Waals surface area contributed by atoms with Crippen molar-refractivity contribution in [2.24, 2.45) is 0 Å². The third-order valence-corrected chi connectivity index (χ3v) is 5.94. The van der Waals surface area contributed by atoms with Crippen LogP contribution in [0.15, 0.2) is 66.0 Å². The van der Waals surface area contributed by atoms with E-state index in [4.69, 9.17) is 11.6 Å². The van der Waals surface area contributed by atoms with Gasteiger partial charge in [0.1, 0.15) is 5.82 Å². The first-order valence-electron chi connectivity index (χ1n) is 9.50. The summed E-state index contributed by atoms with van der Waals surface area (Å²) < 4.78 is 15.0. The molecule has 2 N–H and O–H groups in total. The molecule has 4 aromatic rings. The van der Waals surface area contributed by atoms with Crippen molar-refractivity contribution in [1.29, 1.82) is 0 Å². The van der Waals surface area contributed by atoms with Crippen molar-refractivity contribution in [3.63, 3.8) is 0 Å². The Hall–Kier alpha value is -3.43. The molecule has 0 atom stereocenters. The minimum atomic E-state index is -0.443. The first-order chi connectivity index (χ1) is 15.4. The van der Waals surface area contributed by atoms with Gasteiger partial charge in [-0.1, -0.05) is 35.5 Å². The maximum Gasteiger partial charge on any atom is 0.257 e. The van der Waals surface area contributed by atoms with Gasteiger partial charge in [0.25, 0.3) is 5.91 Å². The predicted molar refractivity (Wildman–Crippen MR) is 123 cm³/mol. The van der Waals surface area contributed by atoms with Crippen LogP contribution in [0.25, 0.3) is 5.65 Å². The highest BCUT2D eigenvalue weighted by atomic mass is 35.5. The van der Waals surface area contributed by atoms with Crippen molar-refractivity contribution in [1.82, 2.24) is 14.6 Å². The Balaban J connectivity index is 1.46. The maximum atomic E-state index is 13.4. The molecule has 0 aliphatic rings. The van der Waals surface area contributed by atoms with Gasteiger partial charge in [0.05, 0.1) is 11.3 Å². The number of carbonyl (C=O) groups excluding carboxylic acids is 2. The van der Waals surface area contributed by atoms with E-state index in [2.05, 4.69) is 20.8 Å². The summed E-state index contributed by atoms with van der Waals surface area (Å²) in [7, 11) is 0. The molecule has 0 unspecified atom stereocenters. The SMILES string of the molecule is Cc1c(Cl)cccc1NC(=O)CSc1nnc2ccc(C(=O)Nc3cccc(F)c3)cn12. The number of nitrogens with one attached hydrogen (secondary N) is 2. The zero-order chi connectivity index (χ0) is 22.7. The van der Waals surface area contributed by atoms with Gasteiger partial charge in [-0.2, -0.15) is 0 Å². The van der Waals surface area contributed by atoms with Crippen LogP contribution >= 0.6 is 23.4 Å². The molecule has 162 valence electrons. The van der Waals surface area contributed by atoms with E-state index in [0.29, 0.717) is 32.8 Å². The minimum absolute atomic E-state index is 0.0897. The van der Waals surface area contributed by atoms with Crippen LogP contribution in [0.2, 0.25) is 5.02 Å². The van der Waals surface area contributed by atoms with Crippen molar-refractivity contribution >= 4 is 52.2 Å². The van der Waals surface area contributed by atoms with E-state index in [1.165, 1.54) is 30.0 Å². The molecule has 0 saturated heterocycles. The topological polar surface area (TPSA) is 88.4 Å². The number of halogens is 2. The highest BCUT2D eigenvalue weighted by Gasteiger charge is 2.14. The molecule has 2 aromatic carbocycles. The zero-order valence-electron chi connectivity index (χ0n) is 16.8. The number of anilines is 2. The molecule has 2 amide bonds. The summed E-state index contributed by atoms with van der Waals surface area (Å²) in [6.45, 7) is 1.83. The molecular weight excluding hydrogens is 453 g/mol. The smallest absolute Gasteiger partial charge is 0.257 e. The normalized spacial score (nSPS) is 10.8. The van der Waals surface area contributed by atoms with E-state index in [0.717, 1.165) is 5.56 Å². The fraction of sp³-hybridized carbons (Fsp3) is 0.0909. The third-order valence-electron chi connectivity index (χ3n) is 4.59. The fourth-order valence-electron chi connectivity index (χ4n) is 2.93. The van der Waals surface area contributed by atoms with Crippen LogP contribution in [0.3, 0.4) is 0 Å². The Labute approximate surface area is 192 Å². The molecule has 0 radical (unpaired) electrons. The number of nitrogens with zero attached hydrogens (tertiary/aromatic N) is 3. The van der Waals surface area contributed by atoms with Gasteiger partial charge in [-0.05, 0) is 55.0 Å². The van der Waals surface area contributed by atoms with Crippen LogP contribution < -0.4 is 10.6 Å². The minimum Gasteiger partial charge on any atom is -0.325 e. The summed E-state index contributed by atoms with van der Waals surface area (Å²) in [5.41, 5.74) is 2.64. The number of pyridine rings is 1. The lowest BCUT2D eigenvalue weighted by Crippen LogP contribution is -2.15. The fourth-order valence-corrected chi connectivity index (χ4v) is 3.82. The standard InChI is InChI=1S/C22H17ClFN5O2S/c1-13-17(23)6-3-7-18(13)26-20(30)12-32-22-28-27-19-9-8-14(11-29(19)22)21(31)25-16-5-2-4-15(24)10-16/h2-11H,12H2,1H3,(H,25,31)(H,26,30). The molecular formula is C22H17ClFN5O2S. The van der Waals surface area contributed by atoms with E-state index in [1.807, 2.05) is 6.92 Å². The number of rotatable bonds is 6. The first kappa shape index (κ1) is 21.8. The van der Waals surface area contributed by atoms with E-state index in [1.54, 1.807) is 47.0 Å². The summed E-state index contributed by atoms with van der Waals surface area (Å²) in [5, 5.41) is 14.7. The Morgan fingerprint density at radius 2 is 1.91 bits per heavy atom. The van der Waals surface area contributed by atoms with Crippen molar-refractivity contribution in [2.75, 3.05) is 16.4 Å². The molecule has 7 nitrogen and oxygen atoms in total. The number of benzene rings is 2. The molecule has 4 rings (SSSR count). The number of carbonyl (C=O) groups is 2. The van der Waals surface area contributed by atoms with Gasteiger partial charge in [-0.25, -0.2) is 4.39 Å². The Kier molecular flexibility index (Phi) is 6.38. The first-order valence-corrected chi connectivity index (χ1v) is 10.9. The van der Waals surface area contributed by atoms with E-state index in [-0.39, 0.29) is 11.7 Å². The van der Waals surface area contributed by atoms with Gasteiger partial charge < -0.3 is 10.6 Å². The highest BCUT2D eigenvalue weighted by Crippen LogP contribution is 2.24. The summed E-state index contributed by atoms with van der Waals surface area (Å²) in [5.74, 6) is -0.984. The second-order valence-corrected chi connectivity index (χ2v) is 8.19. The van der Waals surface area contributed by atoms with Crippen LogP contribution in [0.1, 0.15) is 15.9 Å². The molecule has 0 bridgehead atoms. The molecule has 0 aliphatic heterocycles. The quantitative estimate of drug-likeness (QED) is 0.395. The molecule has 32 heavy (non-hydrogen) atoms. The third kappa shape index (κ3) is 4.90. The lowest BCUT2D eigenvalue weighted by Gasteiger charge is -2.09. The molecule has 0 spiro atoms. The average Bonchev–Trinajstić information content (AvgIpc) is 3.18. The molecule has 10 heteroatoms. The van der Waals surface area contributed by atoms with Gasteiger partial charge in [0, 0.05) is 22.6 Å². The van der Waals surface area contributed by atoms with E-state index in [9.17, 15) is 14.0 Å². The molecule has 2 heterocycles. The van der Waals surface area contributed by atoms with E-state index >= 15 is 0 Å². The van der Waals surface area contributed by atoms with Crippen LogP contribution in [0.4, 0.5) is 15.8 Å².